The fourth-order valence-electron chi connectivity index (χ4n) is 3.02. The van der Waals surface area contributed by atoms with Crippen molar-refractivity contribution in [3.8, 4) is 0 Å². The van der Waals surface area contributed by atoms with E-state index in [0.717, 1.165) is 6.42 Å². The molecular formula is C14H21N. The van der Waals surface area contributed by atoms with Crippen LogP contribution in [0, 0.1) is 11.3 Å². The van der Waals surface area contributed by atoms with Crippen molar-refractivity contribution in [2.24, 2.45) is 11.3 Å². The lowest BCUT2D eigenvalue weighted by Crippen LogP contribution is -2.21. The van der Waals surface area contributed by atoms with Gasteiger partial charge in [-0.15, -0.1) is 0 Å². The second-order valence-electron chi connectivity index (χ2n) is 4.81. The summed E-state index contributed by atoms with van der Waals surface area (Å²) in [5, 5.41) is 3.47. The Hall–Kier alpha value is -0.980. The zero-order valence-corrected chi connectivity index (χ0v) is 10.1. The Morgan fingerprint density at radius 2 is 2.13 bits per heavy atom. The minimum Gasteiger partial charge on any atom is -0.359 e. The van der Waals surface area contributed by atoms with Crippen molar-refractivity contribution in [2.45, 2.75) is 40.0 Å². The fourth-order valence-corrected chi connectivity index (χ4v) is 3.02. The minimum absolute atomic E-state index is 0.214. The first-order valence-electron chi connectivity index (χ1n) is 6.05. The fraction of sp³-hybridized carbons (Fsp3) is 0.571. The van der Waals surface area contributed by atoms with Crippen LogP contribution in [0.5, 0.6) is 0 Å². The first-order chi connectivity index (χ1) is 7.14. The SMILES string of the molecule is C=C1NC2=CC(C)C=C2C1(CC)CCC. The summed E-state index contributed by atoms with van der Waals surface area (Å²) in [6.45, 7) is 11.0. The van der Waals surface area contributed by atoms with Gasteiger partial charge in [-0.2, -0.15) is 0 Å². The quantitative estimate of drug-likeness (QED) is 0.736. The van der Waals surface area contributed by atoms with Crippen LogP contribution in [0.4, 0.5) is 0 Å². The predicted molar refractivity (Wildman–Crippen MR) is 65.2 cm³/mol. The summed E-state index contributed by atoms with van der Waals surface area (Å²) >= 11 is 0. The van der Waals surface area contributed by atoms with E-state index in [4.69, 9.17) is 0 Å². The highest BCUT2D eigenvalue weighted by atomic mass is 15.0. The van der Waals surface area contributed by atoms with Crippen LogP contribution in [0.25, 0.3) is 0 Å². The topological polar surface area (TPSA) is 12.0 Å². The molecular weight excluding hydrogens is 182 g/mol. The molecule has 0 radical (unpaired) electrons. The minimum atomic E-state index is 0.214. The van der Waals surface area contributed by atoms with Gasteiger partial charge in [0.25, 0.3) is 0 Å². The molecule has 82 valence electrons. The zero-order chi connectivity index (χ0) is 11.1. The van der Waals surface area contributed by atoms with Gasteiger partial charge in [0.15, 0.2) is 0 Å². The molecule has 0 spiro atoms. The maximum atomic E-state index is 4.21. The third kappa shape index (κ3) is 1.37. The van der Waals surface area contributed by atoms with Crippen LogP contribution in [-0.2, 0) is 0 Å². The van der Waals surface area contributed by atoms with E-state index in [1.807, 2.05) is 0 Å². The average molecular weight is 203 g/mol. The molecule has 1 aliphatic carbocycles. The van der Waals surface area contributed by atoms with E-state index in [1.54, 1.807) is 0 Å². The van der Waals surface area contributed by atoms with Gasteiger partial charge in [-0.1, -0.05) is 45.9 Å². The smallest absolute Gasteiger partial charge is 0.0386 e. The van der Waals surface area contributed by atoms with Gasteiger partial charge in [-0.05, 0) is 24.3 Å². The first-order valence-corrected chi connectivity index (χ1v) is 6.05. The van der Waals surface area contributed by atoms with Gasteiger partial charge < -0.3 is 5.32 Å². The lowest BCUT2D eigenvalue weighted by atomic mass is 9.74. The van der Waals surface area contributed by atoms with Crippen LogP contribution in [0.3, 0.4) is 0 Å². The number of fused-ring (bicyclic) bond motifs is 1. The van der Waals surface area contributed by atoms with E-state index in [1.165, 1.54) is 29.8 Å². The highest BCUT2D eigenvalue weighted by Gasteiger charge is 2.43. The van der Waals surface area contributed by atoms with Gasteiger partial charge >= 0.3 is 0 Å². The summed E-state index contributed by atoms with van der Waals surface area (Å²) in [6.07, 6.45) is 8.30. The molecule has 15 heavy (non-hydrogen) atoms. The Morgan fingerprint density at radius 3 is 2.73 bits per heavy atom. The van der Waals surface area contributed by atoms with E-state index in [-0.39, 0.29) is 5.41 Å². The molecule has 1 fully saturated rings. The summed E-state index contributed by atoms with van der Waals surface area (Å²) in [5.74, 6) is 0.582. The summed E-state index contributed by atoms with van der Waals surface area (Å²) < 4.78 is 0. The van der Waals surface area contributed by atoms with Crippen LogP contribution in [0.2, 0.25) is 0 Å². The Kier molecular flexibility index (Phi) is 2.49. The maximum absolute atomic E-state index is 4.21. The van der Waals surface area contributed by atoms with Gasteiger partial charge in [-0.3, -0.25) is 0 Å². The molecule has 1 nitrogen and oxygen atoms in total. The Balaban J connectivity index is 2.42. The van der Waals surface area contributed by atoms with Crippen molar-refractivity contribution in [3.63, 3.8) is 0 Å². The van der Waals surface area contributed by atoms with E-state index < -0.39 is 0 Å². The Morgan fingerprint density at radius 1 is 1.40 bits per heavy atom. The second kappa shape index (κ2) is 3.55. The van der Waals surface area contributed by atoms with E-state index >= 15 is 0 Å². The molecule has 1 heterocycles. The van der Waals surface area contributed by atoms with Gasteiger partial charge in [0.2, 0.25) is 0 Å². The summed E-state index contributed by atoms with van der Waals surface area (Å²) in [6, 6.07) is 0. The normalized spacial score (nSPS) is 33.5. The molecule has 0 aromatic carbocycles. The third-order valence-electron chi connectivity index (χ3n) is 3.81. The molecule has 1 aliphatic heterocycles. The largest absolute Gasteiger partial charge is 0.359 e. The first kappa shape index (κ1) is 10.5. The molecule has 2 aliphatic rings. The predicted octanol–water partition coefficient (Wildman–Crippen LogP) is 3.76. The van der Waals surface area contributed by atoms with Gasteiger partial charge in [0, 0.05) is 16.8 Å². The van der Waals surface area contributed by atoms with E-state index in [0.29, 0.717) is 5.92 Å². The number of allylic oxidation sites excluding steroid dienone is 4. The van der Waals surface area contributed by atoms with Crippen molar-refractivity contribution in [1.29, 1.82) is 0 Å². The average Bonchev–Trinajstić information content (AvgIpc) is 2.65. The molecule has 1 saturated heterocycles. The summed E-state index contributed by atoms with van der Waals surface area (Å²) in [7, 11) is 0. The van der Waals surface area contributed by atoms with E-state index in [9.17, 15) is 0 Å². The number of nitrogens with one attached hydrogen (secondary N) is 1. The number of rotatable bonds is 3. The molecule has 0 aromatic heterocycles. The molecule has 0 saturated carbocycles. The van der Waals surface area contributed by atoms with Crippen LogP contribution < -0.4 is 5.32 Å². The second-order valence-corrected chi connectivity index (χ2v) is 4.81. The monoisotopic (exact) mass is 203 g/mol. The maximum Gasteiger partial charge on any atom is 0.0386 e. The van der Waals surface area contributed by atoms with E-state index in [2.05, 4.69) is 44.8 Å². The van der Waals surface area contributed by atoms with Crippen LogP contribution in [0.15, 0.2) is 35.7 Å². The Bertz CT molecular complexity index is 348. The van der Waals surface area contributed by atoms with Crippen molar-refractivity contribution >= 4 is 0 Å². The number of hydrogen-bond donors (Lipinski definition) is 1. The molecule has 2 rings (SSSR count). The zero-order valence-electron chi connectivity index (χ0n) is 10.1. The third-order valence-corrected chi connectivity index (χ3v) is 3.81. The van der Waals surface area contributed by atoms with Crippen LogP contribution in [-0.4, -0.2) is 0 Å². The molecule has 2 unspecified atom stereocenters. The van der Waals surface area contributed by atoms with Crippen molar-refractivity contribution in [1.82, 2.24) is 5.32 Å². The van der Waals surface area contributed by atoms with Gasteiger partial charge in [0.05, 0.1) is 0 Å². The standard InChI is InChI=1S/C14H21N/c1-5-7-14(6-2)11(4)15-13-9-10(3)8-12(13)14/h8-10,15H,4-7H2,1-3H3. The molecule has 2 atom stereocenters. The van der Waals surface area contributed by atoms with Crippen molar-refractivity contribution in [2.75, 3.05) is 0 Å². The molecule has 0 amide bonds. The lowest BCUT2D eigenvalue weighted by Gasteiger charge is -2.29. The van der Waals surface area contributed by atoms with Gasteiger partial charge in [0.1, 0.15) is 0 Å². The molecule has 1 heteroatoms. The van der Waals surface area contributed by atoms with Crippen LogP contribution in [0.1, 0.15) is 40.0 Å². The summed E-state index contributed by atoms with van der Waals surface area (Å²) in [5.41, 5.74) is 4.24. The van der Waals surface area contributed by atoms with Crippen molar-refractivity contribution in [3.05, 3.63) is 35.7 Å². The molecule has 0 bridgehead atoms. The Labute approximate surface area is 93.0 Å². The summed E-state index contributed by atoms with van der Waals surface area (Å²) in [4.78, 5) is 0. The van der Waals surface area contributed by atoms with Gasteiger partial charge in [-0.25, -0.2) is 0 Å². The van der Waals surface area contributed by atoms with Crippen LogP contribution >= 0.6 is 0 Å². The highest BCUT2D eigenvalue weighted by Crippen LogP contribution is 2.51. The molecule has 0 aromatic rings. The highest BCUT2D eigenvalue weighted by molar-refractivity contribution is 5.53. The number of hydrogen-bond acceptors (Lipinski definition) is 1. The van der Waals surface area contributed by atoms with Crippen molar-refractivity contribution < 1.29 is 0 Å². The lowest BCUT2D eigenvalue weighted by molar-refractivity contribution is 0.393. The molecule has 1 N–H and O–H groups in total.